The Bertz CT molecular complexity index is 588. The van der Waals surface area contributed by atoms with E-state index in [0.29, 0.717) is 0 Å². The second-order valence-corrected chi connectivity index (χ2v) is 3.82. The van der Waals surface area contributed by atoms with E-state index >= 15 is 0 Å². The average Bonchev–Trinajstić information content (AvgIpc) is 2.29. The maximum absolute atomic E-state index is 11.5. The van der Waals surface area contributed by atoms with Gasteiger partial charge in [0.25, 0.3) is 0 Å². The smallest absolute Gasteiger partial charge is 0.248 e. The van der Waals surface area contributed by atoms with Crippen molar-refractivity contribution in [2.45, 2.75) is 13.8 Å². The van der Waals surface area contributed by atoms with Crippen molar-refractivity contribution in [1.82, 2.24) is 4.98 Å². The Morgan fingerprint density at radius 2 is 2.12 bits per heavy atom. The van der Waals surface area contributed by atoms with Gasteiger partial charge in [-0.25, -0.2) is 0 Å². The molecule has 0 aliphatic carbocycles. The fourth-order valence-corrected chi connectivity index (χ4v) is 1.74. The minimum atomic E-state index is -0.122. The molecule has 1 amide bonds. The Kier molecular flexibility index (Phi) is 3.19. The van der Waals surface area contributed by atoms with E-state index < -0.39 is 0 Å². The number of allylic oxidation sites excluding steroid dienone is 1. The normalized spacial score (nSPS) is 10.9. The molecule has 3 heteroatoms. The molecule has 0 radical (unpaired) electrons. The number of aromatic nitrogens is 1. The van der Waals surface area contributed by atoms with E-state index in [9.17, 15) is 4.79 Å². The summed E-state index contributed by atoms with van der Waals surface area (Å²) in [6, 6.07) is 9.64. The summed E-state index contributed by atoms with van der Waals surface area (Å²) in [7, 11) is 0. The lowest BCUT2D eigenvalue weighted by Gasteiger charge is -2.07. The van der Waals surface area contributed by atoms with Crippen molar-refractivity contribution in [2.75, 3.05) is 5.32 Å². The highest BCUT2D eigenvalue weighted by Gasteiger charge is 2.05. The molecule has 0 fully saturated rings. The third kappa shape index (κ3) is 2.50. The van der Waals surface area contributed by atoms with Crippen LogP contribution < -0.4 is 5.32 Å². The van der Waals surface area contributed by atoms with E-state index in [4.69, 9.17) is 0 Å². The zero-order valence-electron chi connectivity index (χ0n) is 9.90. The molecule has 0 bridgehead atoms. The molecule has 0 unspecified atom stereocenters. The van der Waals surface area contributed by atoms with Gasteiger partial charge in [0, 0.05) is 11.1 Å². The van der Waals surface area contributed by atoms with Gasteiger partial charge in [0.05, 0.1) is 11.2 Å². The van der Waals surface area contributed by atoms with Crippen molar-refractivity contribution in [1.29, 1.82) is 0 Å². The maximum Gasteiger partial charge on any atom is 0.248 e. The number of hydrogen-bond acceptors (Lipinski definition) is 2. The summed E-state index contributed by atoms with van der Waals surface area (Å²) in [6.45, 7) is 3.73. The van der Waals surface area contributed by atoms with Gasteiger partial charge in [-0.3, -0.25) is 9.78 Å². The van der Waals surface area contributed by atoms with Crippen LogP contribution >= 0.6 is 0 Å². The topological polar surface area (TPSA) is 42.0 Å². The van der Waals surface area contributed by atoms with E-state index in [1.165, 1.54) is 6.08 Å². The highest BCUT2D eigenvalue weighted by atomic mass is 16.1. The van der Waals surface area contributed by atoms with Crippen molar-refractivity contribution < 1.29 is 4.79 Å². The summed E-state index contributed by atoms with van der Waals surface area (Å²) in [5.41, 5.74) is 2.58. The summed E-state index contributed by atoms with van der Waals surface area (Å²) < 4.78 is 0. The Balaban J connectivity index is 2.49. The van der Waals surface area contributed by atoms with Crippen molar-refractivity contribution in [2.24, 2.45) is 0 Å². The number of pyridine rings is 1. The van der Waals surface area contributed by atoms with E-state index in [1.807, 2.05) is 44.2 Å². The van der Waals surface area contributed by atoms with Gasteiger partial charge >= 0.3 is 0 Å². The minimum absolute atomic E-state index is 0.122. The van der Waals surface area contributed by atoms with Gasteiger partial charge in [-0.1, -0.05) is 24.3 Å². The highest BCUT2D eigenvalue weighted by Crippen LogP contribution is 2.22. The van der Waals surface area contributed by atoms with Gasteiger partial charge in [0.1, 0.15) is 0 Å². The fourth-order valence-electron chi connectivity index (χ4n) is 1.74. The standard InChI is InChI=1S/C14H14N2O/c1-3-6-14(17)16-13-9-10(2)15-12-8-5-4-7-11(12)13/h3-9H,1-2H3,(H,15,16,17). The van der Waals surface area contributed by atoms with Gasteiger partial charge in [-0.2, -0.15) is 0 Å². The number of rotatable bonds is 2. The molecule has 1 N–H and O–H groups in total. The third-order valence-electron chi connectivity index (χ3n) is 2.42. The van der Waals surface area contributed by atoms with Crippen LogP contribution in [-0.4, -0.2) is 10.9 Å². The molecule has 0 saturated heterocycles. The van der Waals surface area contributed by atoms with Crippen LogP contribution in [0, 0.1) is 6.92 Å². The number of amides is 1. The quantitative estimate of drug-likeness (QED) is 0.800. The zero-order valence-corrected chi connectivity index (χ0v) is 9.90. The molecule has 1 heterocycles. The molecule has 2 rings (SSSR count). The molecule has 1 aromatic carbocycles. The number of anilines is 1. The fraction of sp³-hybridized carbons (Fsp3) is 0.143. The van der Waals surface area contributed by atoms with Crippen molar-refractivity contribution in [3.8, 4) is 0 Å². The Morgan fingerprint density at radius 1 is 1.35 bits per heavy atom. The molecule has 2 aromatic rings. The molecule has 0 aliphatic rings. The number of carbonyl (C=O) groups excluding carboxylic acids is 1. The van der Waals surface area contributed by atoms with E-state index in [1.54, 1.807) is 6.08 Å². The number of aryl methyl sites for hydroxylation is 1. The SMILES string of the molecule is CC=CC(=O)Nc1cc(C)nc2ccccc12. The zero-order chi connectivity index (χ0) is 12.3. The lowest BCUT2D eigenvalue weighted by atomic mass is 10.1. The molecular weight excluding hydrogens is 212 g/mol. The summed E-state index contributed by atoms with van der Waals surface area (Å²) in [4.78, 5) is 16.0. The lowest BCUT2D eigenvalue weighted by Crippen LogP contribution is -2.08. The molecule has 3 nitrogen and oxygen atoms in total. The molecule has 0 atom stereocenters. The van der Waals surface area contributed by atoms with Gasteiger partial charge in [0.2, 0.25) is 5.91 Å². The van der Waals surface area contributed by atoms with E-state index in [-0.39, 0.29) is 5.91 Å². The number of hydrogen-bond donors (Lipinski definition) is 1. The van der Waals surface area contributed by atoms with Crippen LogP contribution in [0.4, 0.5) is 5.69 Å². The van der Waals surface area contributed by atoms with Crippen molar-refractivity contribution in [3.63, 3.8) is 0 Å². The number of para-hydroxylation sites is 1. The Morgan fingerprint density at radius 3 is 2.88 bits per heavy atom. The summed E-state index contributed by atoms with van der Waals surface area (Å²) in [6.07, 6.45) is 3.22. The van der Waals surface area contributed by atoms with Crippen LogP contribution in [0.3, 0.4) is 0 Å². The molecule has 0 saturated carbocycles. The predicted octanol–water partition coefficient (Wildman–Crippen LogP) is 3.06. The van der Waals surface area contributed by atoms with Crippen LogP contribution in [0.2, 0.25) is 0 Å². The first-order valence-corrected chi connectivity index (χ1v) is 5.51. The molecule has 17 heavy (non-hydrogen) atoms. The first-order chi connectivity index (χ1) is 8.20. The lowest BCUT2D eigenvalue weighted by molar-refractivity contribution is -0.111. The second kappa shape index (κ2) is 4.78. The molecule has 0 spiro atoms. The maximum atomic E-state index is 11.5. The van der Waals surface area contributed by atoms with Crippen molar-refractivity contribution in [3.05, 3.63) is 48.2 Å². The summed E-state index contributed by atoms with van der Waals surface area (Å²) in [5.74, 6) is -0.122. The predicted molar refractivity (Wildman–Crippen MR) is 69.9 cm³/mol. The Hall–Kier alpha value is -2.16. The number of carbonyl (C=O) groups is 1. The second-order valence-electron chi connectivity index (χ2n) is 3.82. The highest BCUT2D eigenvalue weighted by molar-refractivity contribution is 6.05. The van der Waals surface area contributed by atoms with Gasteiger partial charge < -0.3 is 5.32 Å². The minimum Gasteiger partial charge on any atom is -0.322 e. The van der Waals surface area contributed by atoms with Crippen LogP contribution in [0.15, 0.2) is 42.5 Å². The van der Waals surface area contributed by atoms with Gasteiger partial charge in [-0.05, 0) is 32.1 Å². The number of benzene rings is 1. The van der Waals surface area contributed by atoms with Crippen LogP contribution in [0.5, 0.6) is 0 Å². The summed E-state index contributed by atoms with van der Waals surface area (Å²) >= 11 is 0. The summed E-state index contributed by atoms with van der Waals surface area (Å²) in [5, 5.41) is 3.82. The van der Waals surface area contributed by atoms with Crippen molar-refractivity contribution >= 4 is 22.5 Å². The van der Waals surface area contributed by atoms with Gasteiger partial charge in [0.15, 0.2) is 0 Å². The Labute approximate surface area is 100 Å². The first kappa shape index (κ1) is 11.3. The van der Waals surface area contributed by atoms with Crippen LogP contribution in [0.1, 0.15) is 12.6 Å². The average molecular weight is 226 g/mol. The number of nitrogens with zero attached hydrogens (tertiary/aromatic N) is 1. The van der Waals surface area contributed by atoms with Gasteiger partial charge in [-0.15, -0.1) is 0 Å². The number of fused-ring (bicyclic) bond motifs is 1. The van der Waals surface area contributed by atoms with Crippen LogP contribution in [0.25, 0.3) is 10.9 Å². The molecule has 0 aliphatic heterocycles. The van der Waals surface area contributed by atoms with E-state index in [2.05, 4.69) is 10.3 Å². The molecule has 1 aromatic heterocycles. The molecule has 86 valence electrons. The van der Waals surface area contributed by atoms with E-state index in [0.717, 1.165) is 22.3 Å². The monoisotopic (exact) mass is 226 g/mol. The third-order valence-corrected chi connectivity index (χ3v) is 2.42. The largest absolute Gasteiger partial charge is 0.322 e. The van der Waals surface area contributed by atoms with Crippen LogP contribution in [-0.2, 0) is 4.79 Å². The first-order valence-electron chi connectivity index (χ1n) is 5.51. The number of nitrogens with one attached hydrogen (secondary N) is 1. The molecular formula is C14H14N2O.